The van der Waals surface area contributed by atoms with Gasteiger partial charge in [-0.25, -0.2) is 0 Å². The van der Waals surface area contributed by atoms with E-state index in [1.807, 2.05) is 24.3 Å². The highest BCUT2D eigenvalue weighted by Crippen LogP contribution is 2.46. The number of carbonyl (C=O) groups is 1. The van der Waals surface area contributed by atoms with E-state index >= 15 is 0 Å². The Balaban J connectivity index is 1.52. The summed E-state index contributed by atoms with van der Waals surface area (Å²) in [6, 6.07) is 29.4. The number of benzene rings is 3. The molecule has 0 aromatic heterocycles. The highest BCUT2D eigenvalue weighted by Gasteiger charge is 2.41. The van der Waals surface area contributed by atoms with Crippen molar-refractivity contribution in [3.05, 3.63) is 107 Å². The van der Waals surface area contributed by atoms with Crippen LogP contribution in [0.1, 0.15) is 35.1 Å². The summed E-state index contributed by atoms with van der Waals surface area (Å²) in [4.78, 5) is 12.9. The van der Waals surface area contributed by atoms with Gasteiger partial charge in [0.15, 0.2) is 0 Å². The zero-order valence-corrected chi connectivity index (χ0v) is 15.5. The molecule has 1 atom stereocenters. The number of hydrogen-bond donors (Lipinski definition) is 1. The summed E-state index contributed by atoms with van der Waals surface area (Å²) in [5.41, 5.74) is 4.97. The summed E-state index contributed by atoms with van der Waals surface area (Å²) < 4.78 is 0. The van der Waals surface area contributed by atoms with Crippen LogP contribution in [0.2, 0.25) is 0 Å². The second-order valence-corrected chi connectivity index (χ2v) is 7.37. The van der Waals surface area contributed by atoms with E-state index in [2.05, 4.69) is 66.0 Å². The Labute approximate surface area is 161 Å². The van der Waals surface area contributed by atoms with Gasteiger partial charge in [0.2, 0.25) is 5.91 Å². The zero-order chi connectivity index (χ0) is 18.5. The molecule has 27 heavy (non-hydrogen) atoms. The first-order chi connectivity index (χ1) is 13.3. The third-order valence-electron chi connectivity index (χ3n) is 5.72. The first kappa shape index (κ1) is 17.5. The van der Waals surface area contributed by atoms with Crippen molar-refractivity contribution in [2.45, 2.75) is 31.1 Å². The van der Waals surface area contributed by atoms with Gasteiger partial charge in [-0.1, -0.05) is 84.9 Å². The van der Waals surface area contributed by atoms with Gasteiger partial charge in [0.1, 0.15) is 0 Å². The van der Waals surface area contributed by atoms with Crippen molar-refractivity contribution in [3.63, 3.8) is 0 Å². The van der Waals surface area contributed by atoms with Crippen LogP contribution in [0, 0.1) is 0 Å². The predicted octanol–water partition coefficient (Wildman–Crippen LogP) is 4.67. The minimum atomic E-state index is -0.214. The molecule has 0 bridgehead atoms. The topological polar surface area (TPSA) is 29.1 Å². The van der Waals surface area contributed by atoms with E-state index < -0.39 is 0 Å². The average molecular weight is 355 g/mol. The fourth-order valence-electron chi connectivity index (χ4n) is 4.36. The second kappa shape index (κ2) is 7.79. The highest BCUT2D eigenvalue weighted by atomic mass is 16.1. The third-order valence-corrected chi connectivity index (χ3v) is 5.72. The maximum absolute atomic E-state index is 12.9. The molecule has 2 nitrogen and oxygen atoms in total. The van der Waals surface area contributed by atoms with Crippen LogP contribution >= 0.6 is 0 Å². The molecule has 0 saturated carbocycles. The first-order valence-corrected chi connectivity index (χ1v) is 9.72. The summed E-state index contributed by atoms with van der Waals surface area (Å²) in [6.07, 6.45) is 3.38. The van der Waals surface area contributed by atoms with Crippen LogP contribution in [0.4, 0.5) is 0 Å². The first-order valence-electron chi connectivity index (χ1n) is 9.72. The van der Waals surface area contributed by atoms with Gasteiger partial charge in [-0.2, -0.15) is 0 Å². The number of fused-ring (bicyclic) bond motifs is 1. The summed E-state index contributed by atoms with van der Waals surface area (Å²) in [5, 5.41) is 3.14. The Morgan fingerprint density at radius 2 is 1.52 bits per heavy atom. The molecule has 2 heteroatoms. The molecule has 0 heterocycles. The van der Waals surface area contributed by atoms with Crippen LogP contribution in [0.25, 0.3) is 0 Å². The highest BCUT2D eigenvalue weighted by molar-refractivity contribution is 5.79. The van der Waals surface area contributed by atoms with Gasteiger partial charge in [0.05, 0.1) is 0 Å². The Kier molecular flexibility index (Phi) is 5.06. The lowest BCUT2D eigenvalue weighted by Gasteiger charge is -2.31. The molecule has 0 saturated heterocycles. The lowest BCUT2D eigenvalue weighted by Crippen LogP contribution is -2.35. The predicted molar refractivity (Wildman–Crippen MR) is 110 cm³/mol. The maximum Gasteiger partial charge on any atom is 0.221 e. The molecule has 1 unspecified atom stereocenters. The molecule has 3 aromatic rings. The lowest BCUT2D eigenvalue weighted by molar-refractivity contribution is -0.122. The summed E-state index contributed by atoms with van der Waals surface area (Å²) in [6.45, 7) is 0.676. The molecular weight excluding hydrogens is 330 g/mol. The minimum Gasteiger partial charge on any atom is -0.356 e. The molecule has 0 radical (unpaired) electrons. The van der Waals surface area contributed by atoms with Gasteiger partial charge in [-0.15, -0.1) is 0 Å². The van der Waals surface area contributed by atoms with Crippen molar-refractivity contribution in [2.75, 3.05) is 6.54 Å². The molecule has 1 N–H and O–H groups in total. The number of amides is 1. The Morgan fingerprint density at radius 1 is 0.852 bits per heavy atom. The standard InChI is InChI=1S/C25H25NO/c27-24(26-18-16-20-9-3-1-4-10-20)19-25(22-12-5-2-6-13-22)17-15-21-11-7-8-14-23(21)25/h1-14H,15-19H2,(H,26,27). The Hall–Kier alpha value is -2.87. The molecule has 4 rings (SSSR count). The quantitative estimate of drug-likeness (QED) is 0.684. The number of hydrogen-bond acceptors (Lipinski definition) is 1. The van der Waals surface area contributed by atoms with Gasteiger partial charge < -0.3 is 5.32 Å². The SMILES string of the molecule is O=C(CC1(c2ccccc2)CCc2ccccc21)NCCc1ccccc1. The van der Waals surface area contributed by atoms with E-state index in [0.29, 0.717) is 13.0 Å². The second-order valence-electron chi connectivity index (χ2n) is 7.37. The van der Waals surface area contributed by atoms with Crippen molar-refractivity contribution in [1.82, 2.24) is 5.32 Å². The van der Waals surface area contributed by atoms with Crippen molar-refractivity contribution in [2.24, 2.45) is 0 Å². The minimum absolute atomic E-state index is 0.131. The van der Waals surface area contributed by atoms with E-state index in [0.717, 1.165) is 19.3 Å². The van der Waals surface area contributed by atoms with Crippen molar-refractivity contribution < 1.29 is 4.79 Å². The molecule has 0 spiro atoms. The zero-order valence-electron chi connectivity index (χ0n) is 15.5. The van der Waals surface area contributed by atoms with Gasteiger partial charge in [-0.3, -0.25) is 4.79 Å². The van der Waals surface area contributed by atoms with E-state index in [1.54, 1.807) is 0 Å². The van der Waals surface area contributed by atoms with Crippen LogP contribution in [-0.4, -0.2) is 12.5 Å². The van der Waals surface area contributed by atoms with Crippen LogP contribution in [0.3, 0.4) is 0 Å². The summed E-state index contributed by atoms with van der Waals surface area (Å²) >= 11 is 0. The van der Waals surface area contributed by atoms with E-state index in [4.69, 9.17) is 0 Å². The van der Waals surface area contributed by atoms with Crippen LogP contribution in [-0.2, 0) is 23.1 Å². The average Bonchev–Trinajstić information content (AvgIpc) is 3.09. The molecule has 1 aliphatic rings. The fraction of sp³-hybridized carbons (Fsp3) is 0.240. The monoisotopic (exact) mass is 355 g/mol. The molecule has 136 valence electrons. The molecule has 1 aliphatic carbocycles. The van der Waals surface area contributed by atoms with E-state index in [1.165, 1.54) is 22.3 Å². The van der Waals surface area contributed by atoms with Gasteiger partial charge in [0, 0.05) is 18.4 Å². The number of rotatable bonds is 6. The van der Waals surface area contributed by atoms with Crippen LogP contribution in [0.15, 0.2) is 84.9 Å². The smallest absolute Gasteiger partial charge is 0.221 e. The van der Waals surface area contributed by atoms with E-state index in [9.17, 15) is 4.79 Å². The molecule has 1 amide bonds. The molecule has 3 aromatic carbocycles. The van der Waals surface area contributed by atoms with Crippen LogP contribution < -0.4 is 5.32 Å². The van der Waals surface area contributed by atoms with E-state index in [-0.39, 0.29) is 11.3 Å². The molecule has 0 fully saturated rings. The van der Waals surface area contributed by atoms with Crippen molar-refractivity contribution in [1.29, 1.82) is 0 Å². The van der Waals surface area contributed by atoms with Crippen molar-refractivity contribution >= 4 is 5.91 Å². The summed E-state index contributed by atoms with van der Waals surface area (Å²) in [7, 11) is 0. The maximum atomic E-state index is 12.9. The van der Waals surface area contributed by atoms with Crippen molar-refractivity contribution in [3.8, 4) is 0 Å². The fourth-order valence-corrected chi connectivity index (χ4v) is 4.36. The summed E-state index contributed by atoms with van der Waals surface area (Å²) in [5.74, 6) is 0.131. The van der Waals surface area contributed by atoms with Crippen LogP contribution in [0.5, 0.6) is 0 Å². The normalized spacial score (nSPS) is 18.1. The Morgan fingerprint density at radius 3 is 2.30 bits per heavy atom. The molecular formula is C25H25NO. The number of carbonyl (C=O) groups excluding carboxylic acids is 1. The third kappa shape index (κ3) is 3.66. The lowest BCUT2D eigenvalue weighted by atomic mass is 9.73. The van der Waals surface area contributed by atoms with Gasteiger partial charge in [-0.05, 0) is 41.5 Å². The van der Waals surface area contributed by atoms with Gasteiger partial charge in [0.25, 0.3) is 0 Å². The number of nitrogens with one attached hydrogen (secondary N) is 1. The Bertz CT molecular complexity index is 904. The van der Waals surface area contributed by atoms with Gasteiger partial charge >= 0.3 is 0 Å². The largest absolute Gasteiger partial charge is 0.356 e. The number of aryl methyl sites for hydroxylation is 1. The molecule has 0 aliphatic heterocycles.